The summed E-state index contributed by atoms with van der Waals surface area (Å²) in [6, 6.07) is 8.56. The lowest BCUT2D eigenvalue weighted by Crippen LogP contribution is -2.66. The molecule has 0 unspecified atom stereocenters. The molecule has 4 aliphatic rings. The molecule has 0 saturated heterocycles. The number of ketones is 1. The van der Waals surface area contributed by atoms with Crippen LogP contribution in [0.5, 0.6) is 0 Å². The van der Waals surface area contributed by atoms with Gasteiger partial charge in [0.1, 0.15) is 0 Å². The number of ether oxygens (including phenoxy) is 2. The van der Waals surface area contributed by atoms with Gasteiger partial charge in [-0.25, -0.2) is 4.79 Å². The molecule has 0 heterocycles. The molecule has 2 fully saturated rings. The van der Waals surface area contributed by atoms with Crippen LogP contribution in [0, 0.1) is 34.5 Å². The number of carbonyl (C=O) groups excluding carboxylic acids is 3. The number of hydrogen-bond acceptors (Lipinski definition) is 6. The highest BCUT2D eigenvalue weighted by Gasteiger charge is 2.77. The Balaban J connectivity index is 1.68. The van der Waals surface area contributed by atoms with E-state index in [0.29, 0.717) is 22.6 Å². The average molecular weight is 479 g/mol. The highest BCUT2D eigenvalue weighted by molar-refractivity contribution is 5.96. The zero-order chi connectivity index (χ0) is 25.5. The second-order valence-electron chi connectivity index (χ2n) is 11.6. The zero-order valence-corrected chi connectivity index (χ0v) is 21.2. The number of rotatable bonds is 3. The molecule has 8 atom stereocenters. The second-order valence-corrected chi connectivity index (χ2v) is 11.6. The van der Waals surface area contributed by atoms with Crippen LogP contribution in [0.2, 0.25) is 0 Å². The first kappa shape index (κ1) is 24.0. The van der Waals surface area contributed by atoms with Gasteiger partial charge in [0.25, 0.3) is 0 Å². The highest BCUT2D eigenvalue weighted by Crippen LogP contribution is 2.71. The van der Waals surface area contributed by atoms with Gasteiger partial charge in [0.2, 0.25) is 0 Å². The van der Waals surface area contributed by atoms with Crippen LogP contribution in [0.15, 0.2) is 53.6 Å². The van der Waals surface area contributed by atoms with Crippen molar-refractivity contribution >= 4 is 17.7 Å². The number of esters is 2. The molecule has 0 radical (unpaired) electrons. The third-order valence-electron chi connectivity index (χ3n) is 9.33. The fourth-order valence-corrected chi connectivity index (χ4v) is 7.65. The van der Waals surface area contributed by atoms with Gasteiger partial charge in [-0.05, 0) is 66.7 Å². The molecule has 2 bridgehead atoms. The molecule has 0 amide bonds. The van der Waals surface area contributed by atoms with E-state index in [2.05, 4.69) is 13.8 Å². The van der Waals surface area contributed by atoms with Gasteiger partial charge in [-0.2, -0.15) is 0 Å². The van der Waals surface area contributed by atoms with Crippen molar-refractivity contribution in [1.29, 1.82) is 0 Å². The van der Waals surface area contributed by atoms with Crippen molar-refractivity contribution in [2.45, 2.75) is 65.8 Å². The van der Waals surface area contributed by atoms with E-state index >= 15 is 0 Å². The number of aliphatic hydroxyl groups is 1. The molecule has 6 nitrogen and oxygen atoms in total. The predicted octanol–water partition coefficient (Wildman–Crippen LogP) is 4.28. The molecule has 6 heteroatoms. The van der Waals surface area contributed by atoms with E-state index in [4.69, 9.17) is 9.47 Å². The molecule has 1 aromatic rings. The lowest BCUT2D eigenvalue weighted by atomic mass is 9.59. The van der Waals surface area contributed by atoms with Gasteiger partial charge >= 0.3 is 11.9 Å². The first-order valence-corrected chi connectivity index (χ1v) is 12.4. The van der Waals surface area contributed by atoms with Crippen LogP contribution < -0.4 is 0 Å². The Labute approximate surface area is 206 Å². The maximum Gasteiger partial charge on any atom is 0.338 e. The molecule has 1 N–H and O–H groups in total. The maximum atomic E-state index is 14.5. The zero-order valence-electron chi connectivity index (χ0n) is 21.2. The van der Waals surface area contributed by atoms with Crippen LogP contribution in [-0.4, -0.2) is 40.6 Å². The molecule has 4 aliphatic carbocycles. The molecular formula is C29H34O6. The largest absolute Gasteiger partial charge is 0.455 e. The Kier molecular flexibility index (Phi) is 5.23. The lowest BCUT2D eigenvalue weighted by molar-refractivity contribution is -0.202. The van der Waals surface area contributed by atoms with E-state index in [-0.39, 0.29) is 23.0 Å². The van der Waals surface area contributed by atoms with Gasteiger partial charge in [-0.1, -0.05) is 51.1 Å². The lowest BCUT2D eigenvalue weighted by Gasteiger charge is -2.49. The monoisotopic (exact) mass is 478 g/mol. The molecule has 0 aliphatic heterocycles. The fraction of sp³-hybridized carbons (Fsp3) is 0.552. The fourth-order valence-electron chi connectivity index (χ4n) is 7.65. The molecule has 1 spiro atoms. The van der Waals surface area contributed by atoms with Crippen molar-refractivity contribution in [2.24, 2.45) is 34.5 Å². The van der Waals surface area contributed by atoms with Gasteiger partial charge in [0.05, 0.1) is 11.0 Å². The molecule has 35 heavy (non-hydrogen) atoms. The van der Waals surface area contributed by atoms with E-state index in [9.17, 15) is 19.5 Å². The Morgan fingerprint density at radius 1 is 1.03 bits per heavy atom. The van der Waals surface area contributed by atoms with Gasteiger partial charge in [-0.3, -0.25) is 9.59 Å². The summed E-state index contributed by atoms with van der Waals surface area (Å²) < 4.78 is 11.7. The quantitative estimate of drug-likeness (QED) is 0.515. The normalized spacial score (nSPS) is 40.8. The molecule has 0 aromatic heterocycles. The van der Waals surface area contributed by atoms with Crippen LogP contribution in [0.4, 0.5) is 0 Å². The van der Waals surface area contributed by atoms with Gasteiger partial charge in [0.15, 0.2) is 23.6 Å². The molecule has 186 valence electrons. The first-order valence-electron chi connectivity index (χ1n) is 12.4. The van der Waals surface area contributed by atoms with Crippen LogP contribution in [0.1, 0.15) is 58.3 Å². The van der Waals surface area contributed by atoms with E-state index in [1.807, 2.05) is 19.1 Å². The maximum absolute atomic E-state index is 14.5. The summed E-state index contributed by atoms with van der Waals surface area (Å²) in [5.74, 6) is -1.38. The minimum atomic E-state index is -1.96. The van der Waals surface area contributed by atoms with Crippen molar-refractivity contribution in [1.82, 2.24) is 0 Å². The Morgan fingerprint density at radius 3 is 2.29 bits per heavy atom. The second kappa shape index (κ2) is 7.63. The summed E-state index contributed by atoms with van der Waals surface area (Å²) in [6.45, 7) is 11.3. The van der Waals surface area contributed by atoms with E-state index in [0.717, 1.165) is 6.42 Å². The molecule has 1 aromatic carbocycles. The van der Waals surface area contributed by atoms with Crippen molar-refractivity contribution < 1.29 is 29.0 Å². The first-order chi connectivity index (χ1) is 16.4. The standard InChI is InChI=1S/C29H34O6/c1-15-12-20-22-21(27(22,5)6)13-17(3)28(23(20)31)14-16(2)25(29(28,33)24(15)34-18(4)30)35-26(32)19-10-8-7-9-11-19/h7-12,14,17,20-22,24-25,33H,13H2,1-6H3/t17-,20+,21-,22+,24-,25+,28+,29+/m1/s1. The summed E-state index contributed by atoms with van der Waals surface area (Å²) in [4.78, 5) is 39.9. The summed E-state index contributed by atoms with van der Waals surface area (Å²) in [6.07, 6.45) is 2.20. The van der Waals surface area contributed by atoms with Crippen LogP contribution in [0.3, 0.4) is 0 Å². The minimum Gasteiger partial charge on any atom is -0.455 e. The third kappa shape index (κ3) is 3.08. The number of allylic oxidation sites excluding steroid dienone is 1. The summed E-state index contributed by atoms with van der Waals surface area (Å²) in [7, 11) is 0. The van der Waals surface area contributed by atoms with Crippen LogP contribution in [-0.2, 0) is 19.1 Å². The number of carbonyl (C=O) groups is 3. The van der Waals surface area contributed by atoms with E-state index in [1.165, 1.54) is 6.92 Å². The topological polar surface area (TPSA) is 89.9 Å². The van der Waals surface area contributed by atoms with E-state index < -0.39 is 41.1 Å². The summed E-state index contributed by atoms with van der Waals surface area (Å²) in [5, 5.41) is 12.7. The number of Topliss-reactive ketones (excluding diaryl/α,β-unsaturated/α-hetero) is 1. The number of benzene rings is 1. The number of hydrogen-bond donors (Lipinski definition) is 1. The Morgan fingerprint density at radius 2 is 1.66 bits per heavy atom. The summed E-state index contributed by atoms with van der Waals surface area (Å²) in [5.41, 5.74) is -1.74. The van der Waals surface area contributed by atoms with Crippen molar-refractivity contribution in [2.75, 3.05) is 0 Å². The van der Waals surface area contributed by atoms with Crippen molar-refractivity contribution in [3.05, 3.63) is 59.2 Å². The third-order valence-corrected chi connectivity index (χ3v) is 9.33. The SMILES string of the molecule is CC(=O)O[C@@H]1C(C)=C[C@@H]2C(=O)[C@]3(C=C(C)[C@H](OC(=O)c4ccccc4)[C@@]13O)[C@H](C)C[C@@H]1[C@H]2C1(C)C. The van der Waals surface area contributed by atoms with Crippen molar-refractivity contribution in [3.63, 3.8) is 0 Å². The highest BCUT2D eigenvalue weighted by atomic mass is 16.6. The van der Waals surface area contributed by atoms with Crippen LogP contribution in [0.25, 0.3) is 0 Å². The van der Waals surface area contributed by atoms with E-state index in [1.54, 1.807) is 44.2 Å². The van der Waals surface area contributed by atoms with Crippen LogP contribution >= 0.6 is 0 Å². The number of fused-ring (bicyclic) bond motifs is 3. The van der Waals surface area contributed by atoms with Gasteiger partial charge < -0.3 is 14.6 Å². The average Bonchev–Trinajstić information content (AvgIpc) is 3.29. The van der Waals surface area contributed by atoms with Gasteiger partial charge in [0, 0.05) is 12.8 Å². The summed E-state index contributed by atoms with van der Waals surface area (Å²) >= 11 is 0. The Bertz CT molecular complexity index is 1160. The predicted molar refractivity (Wildman–Crippen MR) is 129 cm³/mol. The smallest absolute Gasteiger partial charge is 0.338 e. The molecule has 5 rings (SSSR count). The molecular weight excluding hydrogens is 444 g/mol. The van der Waals surface area contributed by atoms with Crippen molar-refractivity contribution in [3.8, 4) is 0 Å². The minimum absolute atomic E-state index is 0.0168. The van der Waals surface area contributed by atoms with Gasteiger partial charge in [-0.15, -0.1) is 0 Å². The Hall–Kier alpha value is -2.73. The molecule has 2 saturated carbocycles.